The maximum atomic E-state index is 15.6. The minimum Gasteiger partial charge on any atom is -0.323 e. The van der Waals surface area contributed by atoms with E-state index in [9.17, 15) is 9.59 Å². The Morgan fingerprint density at radius 2 is 1.97 bits per heavy atom. The van der Waals surface area contributed by atoms with Gasteiger partial charge < -0.3 is 5.32 Å². The molecule has 0 spiro atoms. The van der Waals surface area contributed by atoms with Crippen LogP contribution in [0.25, 0.3) is 16.9 Å². The van der Waals surface area contributed by atoms with Gasteiger partial charge in [-0.05, 0) is 74.4 Å². The summed E-state index contributed by atoms with van der Waals surface area (Å²) >= 11 is 6.67. The summed E-state index contributed by atoms with van der Waals surface area (Å²) in [7, 11) is 1.82. The summed E-state index contributed by atoms with van der Waals surface area (Å²) in [4.78, 5) is 30.6. The Bertz CT molecular complexity index is 1710. The van der Waals surface area contributed by atoms with Gasteiger partial charge in [-0.2, -0.15) is 0 Å². The van der Waals surface area contributed by atoms with Gasteiger partial charge in [0.1, 0.15) is 5.02 Å². The standard InChI is InChI=1S/C29H28ClFN6O2/c1-15-13-32-22(17-6-5-7-21(26(17)31)33-28(39)29(3)8-9-29)12-24(15)37-16(2)10-20(25(30)27(37)38)18-11-19(18)23-14-36(4)35-34-23/h5-7,10,12-14,18-19H,8-9,11H2,1-4H3,(H,33,39)/t18-,19-/m0/s1. The quantitative estimate of drug-likeness (QED) is 0.347. The van der Waals surface area contributed by atoms with Crippen molar-refractivity contribution in [3.63, 3.8) is 0 Å². The number of aromatic nitrogens is 5. The van der Waals surface area contributed by atoms with E-state index in [1.54, 1.807) is 33.6 Å². The van der Waals surface area contributed by atoms with Crippen molar-refractivity contribution in [1.29, 1.82) is 0 Å². The molecule has 6 rings (SSSR count). The average molecular weight is 547 g/mol. The maximum Gasteiger partial charge on any atom is 0.274 e. The van der Waals surface area contributed by atoms with Crippen molar-refractivity contribution in [1.82, 2.24) is 24.5 Å². The van der Waals surface area contributed by atoms with E-state index >= 15 is 4.39 Å². The van der Waals surface area contributed by atoms with Crippen LogP contribution in [-0.2, 0) is 11.8 Å². The molecule has 1 amide bonds. The van der Waals surface area contributed by atoms with E-state index in [0.717, 1.165) is 36.1 Å². The van der Waals surface area contributed by atoms with Crippen LogP contribution in [0.1, 0.15) is 60.5 Å². The number of benzene rings is 1. The first-order valence-corrected chi connectivity index (χ1v) is 13.3. The van der Waals surface area contributed by atoms with E-state index in [1.807, 2.05) is 40.1 Å². The zero-order valence-corrected chi connectivity index (χ0v) is 22.9. The Hall–Kier alpha value is -3.85. The molecule has 4 aromatic rings. The van der Waals surface area contributed by atoms with Gasteiger partial charge in [-0.25, -0.2) is 4.39 Å². The molecule has 2 aliphatic rings. The van der Waals surface area contributed by atoms with Crippen LogP contribution in [0.4, 0.5) is 10.1 Å². The average Bonchev–Trinajstić information content (AvgIpc) is 3.82. The molecule has 0 bridgehead atoms. The molecule has 3 aromatic heterocycles. The summed E-state index contributed by atoms with van der Waals surface area (Å²) in [6.07, 6.45) is 5.94. The topological polar surface area (TPSA) is 94.7 Å². The van der Waals surface area contributed by atoms with Crippen LogP contribution in [-0.4, -0.2) is 30.5 Å². The molecule has 2 atom stereocenters. The normalized spacial score (nSPS) is 19.1. The molecule has 0 saturated heterocycles. The van der Waals surface area contributed by atoms with Crippen molar-refractivity contribution in [3.8, 4) is 16.9 Å². The van der Waals surface area contributed by atoms with Gasteiger partial charge in [0.15, 0.2) is 5.82 Å². The lowest BCUT2D eigenvalue weighted by atomic mass is 10.1. The van der Waals surface area contributed by atoms with Gasteiger partial charge in [0.05, 0.1) is 22.8 Å². The highest BCUT2D eigenvalue weighted by molar-refractivity contribution is 6.31. The number of pyridine rings is 2. The fourth-order valence-electron chi connectivity index (χ4n) is 5.12. The fraction of sp³-hybridized carbons (Fsp3) is 0.345. The van der Waals surface area contributed by atoms with Gasteiger partial charge in [-0.3, -0.25) is 23.8 Å². The van der Waals surface area contributed by atoms with Crippen molar-refractivity contribution < 1.29 is 9.18 Å². The lowest BCUT2D eigenvalue weighted by Gasteiger charge is -2.17. The van der Waals surface area contributed by atoms with E-state index in [2.05, 4.69) is 20.6 Å². The monoisotopic (exact) mass is 546 g/mol. The molecule has 2 aliphatic carbocycles. The largest absolute Gasteiger partial charge is 0.323 e. The number of carbonyl (C=O) groups excluding carboxylic acids is 1. The molecule has 0 radical (unpaired) electrons. The predicted octanol–water partition coefficient (Wildman–Crippen LogP) is 5.45. The number of rotatable bonds is 6. The number of hydrogen-bond donors (Lipinski definition) is 1. The van der Waals surface area contributed by atoms with Gasteiger partial charge in [0, 0.05) is 42.0 Å². The van der Waals surface area contributed by atoms with Crippen LogP contribution in [0.15, 0.2) is 47.5 Å². The minimum atomic E-state index is -0.571. The number of anilines is 1. The van der Waals surface area contributed by atoms with Crippen molar-refractivity contribution in [2.45, 2.75) is 51.9 Å². The first-order chi connectivity index (χ1) is 18.6. The Balaban J connectivity index is 1.35. The number of hydrogen-bond acceptors (Lipinski definition) is 5. The SMILES string of the molecule is Cc1cnc(-c2cccc(NC(=O)C3(C)CC3)c2F)cc1-n1c(C)cc([C@H]2C[C@@H]2c2cn(C)nn2)c(Cl)c1=O. The summed E-state index contributed by atoms with van der Waals surface area (Å²) < 4.78 is 18.8. The molecule has 1 aromatic carbocycles. The molecule has 3 heterocycles. The summed E-state index contributed by atoms with van der Waals surface area (Å²) in [6.45, 7) is 5.57. The molecule has 2 fully saturated rings. The highest BCUT2D eigenvalue weighted by Crippen LogP contribution is 2.55. The molecule has 2 saturated carbocycles. The van der Waals surface area contributed by atoms with Crippen molar-refractivity contribution >= 4 is 23.2 Å². The van der Waals surface area contributed by atoms with Gasteiger partial charge in [-0.15, -0.1) is 5.10 Å². The fourth-order valence-corrected chi connectivity index (χ4v) is 5.40. The maximum absolute atomic E-state index is 15.6. The number of nitrogens with zero attached hydrogens (tertiary/aromatic N) is 5. The number of amides is 1. The van der Waals surface area contributed by atoms with Gasteiger partial charge >= 0.3 is 0 Å². The number of nitrogens with one attached hydrogen (secondary N) is 1. The molecule has 10 heteroatoms. The number of aryl methyl sites for hydroxylation is 3. The van der Waals surface area contributed by atoms with Crippen molar-refractivity contribution in [2.24, 2.45) is 12.5 Å². The molecular weight excluding hydrogens is 519 g/mol. The van der Waals surface area contributed by atoms with Gasteiger partial charge in [0.2, 0.25) is 5.91 Å². The highest BCUT2D eigenvalue weighted by Gasteiger charge is 2.45. The van der Waals surface area contributed by atoms with Crippen LogP contribution < -0.4 is 10.9 Å². The minimum absolute atomic E-state index is 0.106. The second-order valence-corrected chi connectivity index (χ2v) is 11.4. The summed E-state index contributed by atoms with van der Waals surface area (Å²) in [5.74, 6) is -0.475. The Kier molecular flexibility index (Phi) is 5.95. The first-order valence-electron chi connectivity index (χ1n) is 12.9. The van der Waals surface area contributed by atoms with Crippen LogP contribution in [0.2, 0.25) is 5.02 Å². The predicted molar refractivity (Wildman–Crippen MR) is 147 cm³/mol. The highest BCUT2D eigenvalue weighted by atomic mass is 35.5. The Morgan fingerprint density at radius 3 is 2.67 bits per heavy atom. The third kappa shape index (κ3) is 4.44. The summed E-state index contributed by atoms with van der Waals surface area (Å²) in [6, 6.07) is 8.45. The van der Waals surface area contributed by atoms with Crippen LogP contribution >= 0.6 is 11.6 Å². The lowest BCUT2D eigenvalue weighted by molar-refractivity contribution is -0.120. The third-order valence-electron chi connectivity index (χ3n) is 7.94. The summed E-state index contributed by atoms with van der Waals surface area (Å²) in [5, 5.41) is 11.1. The Morgan fingerprint density at radius 1 is 1.21 bits per heavy atom. The molecule has 200 valence electrons. The molecule has 39 heavy (non-hydrogen) atoms. The van der Waals surface area contributed by atoms with E-state index in [0.29, 0.717) is 17.1 Å². The molecule has 0 unspecified atom stereocenters. The number of halogens is 2. The first kappa shape index (κ1) is 25.4. The molecule has 1 N–H and O–H groups in total. The Labute approximate surface area is 229 Å². The zero-order chi connectivity index (χ0) is 27.6. The smallest absolute Gasteiger partial charge is 0.274 e. The second-order valence-electron chi connectivity index (χ2n) is 11.0. The van der Waals surface area contributed by atoms with Crippen LogP contribution in [0.3, 0.4) is 0 Å². The third-order valence-corrected chi connectivity index (χ3v) is 8.32. The summed E-state index contributed by atoms with van der Waals surface area (Å²) in [5.41, 5.74) is 3.62. The second kappa shape index (κ2) is 9.12. The molecule has 0 aliphatic heterocycles. The van der Waals surface area contributed by atoms with Crippen molar-refractivity contribution in [3.05, 3.63) is 86.4 Å². The lowest BCUT2D eigenvalue weighted by Crippen LogP contribution is -2.23. The van der Waals surface area contributed by atoms with E-state index < -0.39 is 11.2 Å². The van der Waals surface area contributed by atoms with Crippen molar-refractivity contribution in [2.75, 3.05) is 5.32 Å². The number of carbonyl (C=O) groups is 1. The van der Waals surface area contributed by atoms with E-state index in [1.165, 1.54) is 6.07 Å². The van der Waals surface area contributed by atoms with Crippen LogP contribution in [0.5, 0.6) is 0 Å². The van der Waals surface area contributed by atoms with E-state index in [4.69, 9.17) is 11.6 Å². The van der Waals surface area contributed by atoms with Gasteiger partial charge in [-0.1, -0.05) is 29.8 Å². The zero-order valence-electron chi connectivity index (χ0n) is 22.1. The van der Waals surface area contributed by atoms with Crippen LogP contribution in [0, 0.1) is 25.1 Å². The van der Waals surface area contributed by atoms with E-state index in [-0.39, 0.29) is 39.6 Å². The molecule has 8 nitrogen and oxygen atoms in total. The van der Waals surface area contributed by atoms with Gasteiger partial charge in [0.25, 0.3) is 5.56 Å². The molecular formula is C29H28ClFN6O2.